The topological polar surface area (TPSA) is 40.8 Å². The number of hydrogen-bond donors (Lipinski definition) is 0. The fourth-order valence-electron chi connectivity index (χ4n) is 9.80. The number of hydrogen-bond acceptors (Lipinski definition) is 2. The van der Waals surface area contributed by atoms with E-state index in [1.165, 1.54) is 0 Å². The first kappa shape index (κ1) is 30.4. The predicted molar refractivity (Wildman–Crippen MR) is 286 cm³/mol. The van der Waals surface area contributed by atoms with Gasteiger partial charge in [-0.2, -0.15) is 0 Å². The van der Waals surface area contributed by atoms with Crippen molar-refractivity contribution in [2.24, 2.45) is 5.92 Å². The Morgan fingerprint density at radius 3 is 1.89 bits per heavy atom. The molecule has 9 aromatic carbocycles. The average molecular weight is 914 g/mol. The highest BCUT2D eigenvalue weighted by Crippen LogP contribution is 2.40. The Morgan fingerprint density at radius 2 is 1.17 bits per heavy atom. The molecule has 0 amide bonds. The third-order valence-corrected chi connectivity index (χ3v) is 12.7. The lowest BCUT2D eigenvalue weighted by Crippen LogP contribution is -2.31. The molecule has 0 radical (unpaired) electrons. The van der Waals surface area contributed by atoms with Gasteiger partial charge in [-0.3, -0.25) is 13.7 Å². The maximum absolute atomic E-state index is 9.07. The highest BCUT2D eigenvalue weighted by molar-refractivity contribution is 6.12. The van der Waals surface area contributed by atoms with E-state index in [9.17, 15) is 0 Å². The molecular formula is C64H47N5O. The second kappa shape index (κ2) is 17.0. The van der Waals surface area contributed by atoms with Crippen LogP contribution in [0.25, 0.3) is 99.8 Å². The van der Waals surface area contributed by atoms with E-state index in [0.717, 1.165) is 49.3 Å². The highest BCUT2D eigenvalue weighted by Gasteiger charge is 2.21. The normalized spacial score (nSPS) is 14.4. The van der Waals surface area contributed by atoms with Crippen LogP contribution in [-0.4, -0.2) is 18.7 Å². The lowest BCUT2D eigenvalue weighted by Gasteiger charge is -2.17. The summed E-state index contributed by atoms with van der Waals surface area (Å²) in [6.45, 7) is 3.73. The molecule has 0 saturated heterocycles. The molecule has 6 nitrogen and oxygen atoms in total. The Hall–Kier alpha value is -9.00. The zero-order valence-electron chi connectivity index (χ0n) is 49.9. The summed E-state index contributed by atoms with van der Waals surface area (Å²) in [5.74, 6) is 1.18. The van der Waals surface area contributed by atoms with Crippen LogP contribution in [0.3, 0.4) is 0 Å². The minimum absolute atomic E-state index is 0.138. The average Bonchev–Trinajstić information content (AvgIpc) is 3.15. The fourth-order valence-corrected chi connectivity index (χ4v) is 9.80. The molecule has 0 saturated carbocycles. The second-order valence-electron chi connectivity index (χ2n) is 17.3. The van der Waals surface area contributed by atoms with Gasteiger partial charge in [0, 0.05) is 42.2 Å². The number of ether oxygens (including phenoxy) is 1. The van der Waals surface area contributed by atoms with Gasteiger partial charge in [-0.1, -0.05) is 159 Å². The van der Waals surface area contributed by atoms with Gasteiger partial charge in [-0.05, 0) is 113 Å². The second-order valence-corrected chi connectivity index (χ2v) is 17.3. The number of fused-ring (bicyclic) bond motifs is 7. The number of rotatable bonds is 10. The molecule has 0 aliphatic carbocycles. The molecule has 0 aliphatic rings. The minimum Gasteiger partial charge on any atom is -0.458 e. The van der Waals surface area contributed by atoms with Gasteiger partial charge >= 0.3 is 0 Å². The van der Waals surface area contributed by atoms with Gasteiger partial charge in [0.05, 0.1) is 58.2 Å². The third-order valence-electron chi connectivity index (χ3n) is 12.7. The zero-order valence-corrected chi connectivity index (χ0v) is 37.9. The molecule has 13 rings (SSSR count). The Balaban J connectivity index is 0.970. The monoisotopic (exact) mass is 913 g/mol. The van der Waals surface area contributed by atoms with E-state index in [4.69, 9.17) is 26.2 Å². The summed E-state index contributed by atoms with van der Waals surface area (Å²) in [7, 11) is 0. The van der Waals surface area contributed by atoms with Gasteiger partial charge in [0.15, 0.2) is 0 Å². The molecule has 0 N–H and O–H groups in total. The summed E-state index contributed by atoms with van der Waals surface area (Å²) in [6.07, 6.45) is 3.46. The molecule has 0 fully saturated rings. The maximum atomic E-state index is 9.07. The van der Waals surface area contributed by atoms with Gasteiger partial charge in [0.25, 0.3) is 6.33 Å². The summed E-state index contributed by atoms with van der Waals surface area (Å²) in [5.41, 5.74) is 7.13. The summed E-state index contributed by atoms with van der Waals surface area (Å²) in [6, 6.07) is 46.6. The van der Waals surface area contributed by atoms with E-state index in [1.807, 2.05) is 97.3 Å². The van der Waals surface area contributed by atoms with Crippen LogP contribution in [0.4, 0.5) is 0 Å². The fraction of sp³-hybridized carbons (Fsp3) is 0.0625. The van der Waals surface area contributed by atoms with Crippen LogP contribution in [0.1, 0.15) is 35.9 Å². The smallest absolute Gasteiger partial charge is 0.269 e. The predicted octanol–water partition coefficient (Wildman–Crippen LogP) is 15.6. The number of aromatic nitrogens is 5. The Morgan fingerprint density at radius 1 is 0.543 bits per heavy atom. The molecule has 70 heavy (non-hydrogen) atoms. The molecule has 0 unspecified atom stereocenters. The van der Waals surface area contributed by atoms with Gasteiger partial charge in [-0.25, -0.2) is 4.98 Å². The largest absolute Gasteiger partial charge is 0.458 e. The standard InChI is InChI=1S/C64H47N5O/c1-43(2)37-44-35-36-65-63(38-44)69-59-34-31-48(68-57-27-11-9-23-53(57)54-24-10-12-28-58(54)68)40-56(59)55-33-32-50(41-62(55)69)70-49-22-15-21-47(39-49)66-42-67(61-30-14-13-29-60(61)66)64-51(45-17-5-3-6-18-45)25-16-26-52(64)46-19-7-4-8-20-46/h3-36,38-41,43H,37H2,1-2H3/i3D,4D,5D,6D,7D,8D,17D,18D,19D,20D,37D2. The molecule has 4 heterocycles. The van der Waals surface area contributed by atoms with Crippen LogP contribution in [0.5, 0.6) is 11.5 Å². The van der Waals surface area contributed by atoms with Gasteiger partial charge in [0.1, 0.15) is 17.3 Å². The molecule has 0 bridgehead atoms. The van der Waals surface area contributed by atoms with E-state index in [2.05, 4.69) is 65.5 Å². The lowest BCUT2D eigenvalue weighted by molar-refractivity contribution is -0.571. The molecule has 6 heteroatoms. The lowest BCUT2D eigenvalue weighted by atomic mass is 9.95. The van der Waals surface area contributed by atoms with Crippen molar-refractivity contribution < 1.29 is 25.8 Å². The van der Waals surface area contributed by atoms with Crippen molar-refractivity contribution in [3.8, 4) is 56.6 Å². The molecule has 0 spiro atoms. The van der Waals surface area contributed by atoms with Gasteiger partial charge in [-0.15, -0.1) is 0 Å². The molecular weight excluding hydrogens is 855 g/mol. The number of pyridine rings is 1. The van der Waals surface area contributed by atoms with Crippen LogP contribution in [0, 0.1) is 12.2 Å². The summed E-state index contributed by atoms with van der Waals surface area (Å²) < 4.78 is 120. The van der Waals surface area contributed by atoms with Crippen LogP contribution in [0.15, 0.2) is 230 Å². The third kappa shape index (κ3) is 7.03. The zero-order chi connectivity index (χ0) is 57.2. The maximum Gasteiger partial charge on any atom is 0.269 e. The van der Waals surface area contributed by atoms with Crippen molar-refractivity contribution in [1.29, 1.82) is 0 Å². The quantitative estimate of drug-likeness (QED) is 0.101. The summed E-state index contributed by atoms with van der Waals surface area (Å²) >= 11 is 0. The highest BCUT2D eigenvalue weighted by atomic mass is 16.5. The summed E-state index contributed by atoms with van der Waals surface area (Å²) in [5, 5.41) is 4.16. The first-order valence-electron chi connectivity index (χ1n) is 29.0. The van der Waals surface area contributed by atoms with Crippen LogP contribution < -0.4 is 9.30 Å². The van der Waals surface area contributed by atoms with Crippen molar-refractivity contribution >= 4 is 54.6 Å². The Kier molecular flexibility index (Phi) is 7.36. The van der Waals surface area contributed by atoms with Crippen molar-refractivity contribution in [3.63, 3.8) is 0 Å². The molecule has 4 aromatic heterocycles. The van der Waals surface area contributed by atoms with E-state index in [0.29, 0.717) is 39.6 Å². The first-order chi connectivity index (χ1) is 39.4. The van der Waals surface area contributed by atoms with Crippen molar-refractivity contribution in [3.05, 3.63) is 242 Å². The minimum atomic E-state index is -1.64. The van der Waals surface area contributed by atoms with Gasteiger partial charge < -0.3 is 9.30 Å². The number of imidazole rings is 1. The Labute approximate surface area is 423 Å². The van der Waals surface area contributed by atoms with E-state index >= 15 is 0 Å². The Bertz CT molecular complexity index is 4630. The van der Waals surface area contributed by atoms with Crippen molar-refractivity contribution in [2.45, 2.75) is 20.2 Å². The van der Waals surface area contributed by atoms with Crippen molar-refractivity contribution in [1.82, 2.24) is 18.7 Å². The molecule has 0 atom stereocenters. The first-order valence-corrected chi connectivity index (χ1v) is 23.0. The van der Waals surface area contributed by atoms with Crippen molar-refractivity contribution in [2.75, 3.05) is 0 Å². The van der Waals surface area contributed by atoms with Crippen LogP contribution in [-0.2, 0) is 6.37 Å². The molecule has 13 aromatic rings. The molecule has 0 aliphatic heterocycles. The van der Waals surface area contributed by atoms with Crippen LogP contribution in [0.2, 0.25) is 0 Å². The van der Waals surface area contributed by atoms with E-state index in [-0.39, 0.29) is 33.9 Å². The van der Waals surface area contributed by atoms with E-state index in [1.54, 1.807) is 45.7 Å². The molecule has 334 valence electrons. The van der Waals surface area contributed by atoms with Crippen LogP contribution >= 0.6 is 0 Å². The number of benzene rings is 9. The SMILES string of the molecule is [2H]c1c([2H])c([2H])c(-c2cccc(-c3c([2H])c([2H])c([2H])c([2H])c3[2H])c2-[n+]2[c-]n(-c3cccc(Oc4ccc5c6cc(-n7c8ccccc8c8ccccc87)ccc6n(-c6cc(C([2H])([2H])C(C)C)ccn6)c5c4)c3)c3ccccc32)c([2H])c1[2H]. The number of para-hydroxylation sites is 5. The summed E-state index contributed by atoms with van der Waals surface area (Å²) in [4.78, 5) is 4.86. The van der Waals surface area contributed by atoms with Gasteiger partial charge in [0.2, 0.25) is 0 Å². The number of nitrogens with zero attached hydrogens (tertiary/aromatic N) is 5. The van der Waals surface area contributed by atoms with E-state index < -0.39 is 66.8 Å².